The van der Waals surface area contributed by atoms with Gasteiger partial charge in [-0.1, -0.05) is 24.3 Å². The van der Waals surface area contributed by atoms with Gasteiger partial charge in [-0.25, -0.2) is 18.0 Å². The molecule has 1 aliphatic rings. The van der Waals surface area contributed by atoms with Gasteiger partial charge in [-0.3, -0.25) is 14.8 Å². The molecule has 4 rings (SSSR count). The first-order chi connectivity index (χ1) is 15.5. The van der Waals surface area contributed by atoms with Crippen LogP contribution in [-0.4, -0.2) is 38.5 Å². The Morgan fingerprint density at radius 1 is 1.06 bits per heavy atom. The topological polar surface area (TPSA) is 151 Å². The predicted octanol–water partition coefficient (Wildman–Crippen LogP) is 2.40. The van der Waals surface area contributed by atoms with Crippen LogP contribution in [0.15, 0.2) is 59.5 Å². The maximum absolute atomic E-state index is 13.2. The summed E-state index contributed by atoms with van der Waals surface area (Å²) in [5.41, 5.74) is -1.78. The average Bonchev–Trinajstić information content (AvgIpc) is 3.04. The Bertz CT molecular complexity index is 1440. The summed E-state index contributed by atoms with van der Waals surface area (Å²) in [7, 11) is -2.94. The molecule has 1 aliphatic heterocycles. The number of nitrogens with one attached hydrogen (secondary N) is 3. The Morgan fingerprint density at radius 2 is 1.73 bits per heavy atom. The largest absolute Gasteiger partial charge is 0.496 e. The summed E-state index contributed by atoms with van der Waals surface area (Å²) in [4.78, 5) is 35.6. The lowest BCUT2D eigenvalue weighted by Gasteiger charge is -2.24. The highest BCUT2D eigenvalue weighted by Gasteiger charge is 2.45. The molecule has 0 aromatic heterocycles. The molecule has 1 saturated heterocycles. The van der Waals surface area contributed by atoms with E-state index in [4.69, 9.17) is 4.74 Å². The number of rotatable bonds is 6. The number of ether oxygens (including phenoxy) is 1. The van der Waals surface area contributed by atoms with Crippen LogP contribution in [-0.2, 0) is 20.4 Å². The number of carbonyl (C=O) groups is 3. The number of urea groups is 1. The second kappa shape index (κ2) is 7.78. The van der Waals surface area contributed by atoms with Crippen LogP contribution in [0.25, 0.3) is 10.8 Å². The van der Waals surface area contributed by atoms with Gasteiger partial charge >= 0.3 is 12.0 Å². The van der Waals surface area contributed by atoms with Crippen molar-refractivity contribution < 1.29 is 32.6 Å². The van der Waals surface area contributed by atoms with Crippen LogP contribution in [0, 0.1) is 0 Å². The molecule has 0 saturated carbocycles. The van der Waals surface area contributed by atoms with E-state index in [1.165, 1.54) is 44.4 Å². The maximum atomic E-state index is 13.2. The van der Waals surface area contributed by atoms with Gasteiger partial charge in [0.1, 0.15) is 11.3 Å². The van der Waals surface area contributed by atoms with Gasteiger partial charge in [0.15, 0.2) is 0 Å². The van der Waals surface area contributed by atoms with Crippen LogP contribution in [0.4, 0.5) is 10.5 Å². The summed E-state index contributed by atoms with van der Waals surface area (Å²) in [6.07, 6.45) is 0. The molecular formula is C22H19N3O7S. The SMILES string of the molecule is COc1ccc(S(=O)(=O)Nc2cc3ccccc3cc2C(=O)O)cc1[C@@]1(C)NC(=O)NC1=O. The number of imide groups is 1. The van der Waals surface area contributed by atoms with Crippen molar-refractivity contribution in [3.63, 3.8) is 0 Å². The number of anilines is 1. The summed E-state index contributed by atoms with van der Waals surface area (Å²) in [5, 5.41) is 15.5. The molecule has 3 aromatic carbocycles. The van der Waals surface area contributed by atoms with E-state index in [-0.39, 0.29) is 27.5 Å². The molecule has 10 nitrogen and oxygen atoms in total. The number of aromatic carboxylic acids is 1. The van der Waals surface area contributed by atoms with Crippen LogP contribution < -0.4 is 20.1 Å². The average molecular weight is 469 g/mol. The van der Waals surface area contributed by atoms with E-state index in [0.717, 1.165) is 0 Å². The summed E-state index contributed by atoms with van der Waals surface area (Å²) >= 11 is 0. The normalized spacial score (nSPS) is 18.0. The molecule has 11 heteroatoms. The standard InChI is InChI=1S/C22H19N3O7S/c1-22(20(28)23-21(29)24-22)16-11-14(7-8-18(16)32-2)33(30,31)25-17-10-13-6-4-3-5-12(13)9-15(17)19(26)27/h3-11,25H,1-2H3,(H,26,27)(H2,23,24,28,29)/t22-/m1/s1. The van der Waals surface area contributed by atoms with Crippen molar-refractivity contribution in [1.29, 1.82) is 0 Å². The fraction of sp³-hybridized carbons (Fsp3) is 0.136. The first-order valence-corrected chi connectivity index (χ1v) is 11.1. The van der Waals surface area contributed by atoms with E-state index >= 15 is 0 Å². The van der Waals surface area contributed by atoms with E-state index in [1.807, 2.05) is 0 Å². The van der Waals surface area contributed by atoms with Gasteiger partial charge in [0, 0.05) is 5.56 Å². The Kier molecular flexibility index (Phi) is 5.21. The number of fused-ring (bicyclic) bond motifs is 1. The summed E-state index contributed by atoms with van der Waals surface area (Å²) in [5.74, 6) is -1.78. The molecule has 0 radical (unpaired) electrons. The van der Waals surface area contributed by atoms with Gasteiger partial charge in [0.05, 0.1) is 23.3 Å². The van der Waals surface area contributed by atoms with Crippen LogP contribution in [0.5, 0.6) is 5.75 Å². The predicted molar refractivity (Wildman–Crippen MR) is 119 cm³/mol. The van der Waals surface area contributed by atoms with Crippen molar-refractivity contribution in [2.45, 2.75) is 17.4 Å². The zero-order chi connectivity index (χ0) is 24.0. The van der Waals surface area contributed by atoms with E-state index in [1.54, 1.807) is 24.3 Å². The van der Waals surface area contributed by atoms with Gasteiger partial charge in [-0.05, 0) is 48.0 Å². The molecule has 0 aliphatic carbocycles. The zero-order valence-corrected chi connectivity index (χ0v) is 18.3. The number of carbonyl (C=O) groups excluding carboxylic acids is 2. The minimum absolute atomic E-state index is 0.114. The van der Waals surface area contributed by atoms with Crippen molar-refractivity contribution in [3.05, 3.63) is 65.7 Å². The number of sulfonamides is 1. The highest BCUT2D eigenvalue weighted by atomic mass is 32.2. The van der Waals surface area contributed by atoms with E-state index in [2.05, 4.69) is 15.4 Å². The Labute approximate surface area is 188 Å². The molecule has 0 spiro atoms. The number of benzene rings is 3. The minimum Gasteiger partial charge on any atom is -0.496 e. The van der Waals surface area contributed by atoms with Gasteiger partial charge in [-0.15, -0.1) is 0 Å². The molecule has 1 heterocycles. The van der Waals surface area contributed by atoms with Gasteiger partial charge < -0.3 is 15.2 Å². The number of hydrogen-bond acceptors (Lipinski definition) is 6. The monoisotopic (exact) mass is 469 g/mol. The second-order valence-electron chi connectivity index (χ2n) is 7.55. The molecule has 1 atom stereocenters. The van der Waals surface area contributed by atoms with Crippen LogP contribution in [0.2, 0.25) is 0 Å². The third-order valence-corrected chi connectivity index (χ3v) is 6.79. The third kappa shape index (κ3) is 3.82. The molecule has 3 amide bonds. The number of methoxy groups -OCH3 is 1. The molecule has 33 heavy (non-hydrogen) atoms. The fourth-order valence-electron chi connectivity index (χ4n) is 3.68. The van der Waals surface area contributed by atoms with Gasteiger partial charge in [0.25, 0.3) is 15.9 Å². The molecular weight excluding hydrogens is 450 g/mol. The number of hydrogen-bond donors (Lipinski definition) is 4. The van der Waals surface area contributed by atoms with E-state index < -0.39 is 33.5 Å². The lowest BCUT2D eigenvalue weighted by Crippen LogP contribution is -2.41. The number of amides is 3. The van der Waals surface area contributed by atoms with E-state index in [0.29, 0.717) is 10.8 Å². The van der Waals surface area contributed by atoms with Crippen molar-refractivity contribution in [3.8, 4) is 5.75 Å². The molecule has 3 aromatic rings. The zero-order valence-electron chi connectivity index (χ0n) is 17.5. The fourth-order valence-corrected chi connectivity index (χ4v) is 4.78. The van der Waals surface area contributed by atoms with Crippen LogP contribution in [0.3, 0.4) is 0 Å². The maximum Gasteiger partial charge on any atom is 0.337 e. The molecule has 1 fully saturated rings. The van der Waals surface area contributed by atoms with Crippen LogP contribution >= 0.6 is 0 Å². The van der Waals surface area contributed by atoms with Gasteiger partial charge in [-0.2, -0.15) is 0 Å². The minimum atomic E-state index is -4.29. The Morgan fingerprint density at radius 3 is 2.30 bits per heavy atom. The smallest absolute Gasteiger partial charge is 0.337 e. The summed E-state index contributed by atoms with van der Waals surface area (Å²) in [6, 6.07) is 12.8. The third-order valence-electron chi connectivity index (χ3n) is 5.43. The highest BCUT2D eigenvalue weighted by molar-refractivity contribution is 7.92. The van der Waals surface area contributed by atoms with Gasteiger partial charge in [0.2, 0.25) is 0 Å². The number of carboxylic acid groups (broad SMARTS) is 1. The van der Waals surface area contributed by atoms with Crippen molar-refractivity contribution in [2.75, 3.05) is 11.8 Å². The van der Waals surface area contributed by atoms with Crippen molar-refractivity contribution in [2.24, 2.45) is 0 Å². The quantitative estimate of drug-likeness (QED) is 0.405. The lowest BCUT2D eigenvalue weighted by molar-refractivity contribution is -0.123. The van der Waals surface area contributed by atoms with Crippen molar-refractivity contribution >= 4 is 44.4 Å². The molecule has 0 bridgehead atoms. The second-order valence-corrected chi connectivity index (χ2v) is 9.23. The Hall–Kier alpha value is -4.12. The lowest BCUT2D eigenvalue weighted by atomic mass is 9.91. The number of carboxylic acids is 1. The molecule has 170 valence electrons. The first kappa shape index (κ1) is 22.1. The first-order valence-electron chi connectivity index (χ1n) is 9.66. The summed E-state index contributed by atoms with van der Waals surface area (Å²) < 4.78 is 34.0. The molecule has 4 N–H and O–H groups in total. The highest BCUT2D eigenvalue weighted by Crippen LogP contribution is 2.35. The Balaban J connectivity index is 1.80. The van der Waals surface area contributed by atoms with Crippen LogP contribution in [0.1, 0.15) is 22.8 Å². The van der Waals surface area contributed by atoms with Crippen molar-refractivity contribution in [1.82, 2.24) is 10.6 Å². The van der Waals surface area contributed by atoms with E-state index in [9.17, 15) is 27.9 Å². The molecule has 0 unspecified atom stereocenters. The summed E-state index contributed by atoms with van der Waals surface area (Å²) in [6.45, 7) is 1.42.